The SMILES string of the molecule is COc1cc(C=CC(=O)Nc2ccc(Cl)c(C(F)(F)F)c2)ccc1Cl. The molecule has 0 unspecified atom stereocenters. The lowest BCUT2D eigenvalue weighted by Gasteiger charge is -2.11. The van der Waals surface area contributed by atoms with Crippen LogP contribution in [0.4, 0.5) is 18.9 Å². The molecule has 8 heteroatoms. The number of carbonyl (C=O) groups is 1. The Labute approximate surface area is 152 Å². The van der Waals surface area contributed by atoms with Crippen LogP contribution in [-0.2, 0) is 11.0 Å². The van der Waals surface area contributed by atoms with Crippen molar-refractivity contribution in [1.29, 1.82) is 0 Å². The van der Waals surface area contributed by atoms with Crippen LogP contribution in [0.5, 0.6) is 5.75 Å². The fourth-order valence-corrected chi connectivity index (χ4v) is 2.38. The summed E-state index contributed by atoms with van der Waals surface area (Å²) in [6.45, 7) is 0. The normalized spacial score (nSPS) is 11.6. The van der Waals surface area contributed by atoms with E-state index >= 15 is 0 Å². The van der Waals surface area contributed by atoms with Gasteiger partial charge in [-0.1, -0.05) is 29.3 Å². The minimum atomic E-state index is -4.60. The third-order valence-electron chi connectivity index (χ3n) is 3.14. The molecule has 2 aromatic carbocycles. The van der Waals surface area contributed by atoms with Gasteiger partial charge in [0.25, 0.3) is 0 Å². The molecule has 0 bridgehead atoms. The molecule has 25 heavy (non-hydrogen) atoms. The Bertz CT molecular complexity index is 820. The quantitative estimate of drug-likeness (QED) is 0.683. The summed E-state index contributed by atoms with van der Waals surface area (Å²) < 4.78 is 43.5. The van der Waals surface area contributed by atoms with Crippen LogP contribution >= 0.6 is 23.2 Å². The third kappa shape index (κ3) is 5.14. The molecule has 2 rings (SSSR count). The lowest BCUT2D eigenvalue weighted by molar-refractivity contribution is -0.137. The van der Waals surface area contributed by atoms with Gasteiger partial charge in [0.05, 0.1) is 22.7 Å². The Balaban J connectivity index is 2.13. The lowest BCUT2D eigenvalue weighted by Crippen LogP contribution is -2.11. The Hall–Kier alpha value is -2.18. The van der Waals surface area contributed by atoms with Gasteiger partial charge in [0.15, 0.2) is 0 Å². The number of amides is 1. The molecule has 2 aromatic rings. The van der Waals surface area contributed by atoms with Crippen molar-refractivity contribution in [2.45, 2.75) is 6.18 Å². The van der Waals surface area contributed by atoms with Gasteiger partial charge in [0.2, 0.25) is 5.91 Å². The molecule has 0 fully saturated rings. The summed E-state index contributed by atoms with van der Waals surface area (Å²) in [5.41, 5.74) is -0.387. The highest BCUT2D eigenvalue weighted by atomic mass is 35.5. The van der Waals surface area contributed by atoms with E-state index in [4.69, 9.17) is 27.9 Å². The largest absolute Gasteiger partial charge is 0.495 e. The second-order valence-electron chi connectivity index (χ2n) is 4.91. The van der Waals surface area contributed by atoms with E-state index in [1.807, 2.05) is 0 Å². The Morgan fingerprint density at radius 1 is 1.12 bits per heavy atom. The molecule has 0 aliphatic heterocycles. The standard InChI is InChI=1S/C17H12Cl2F3NO2/c1-25-15-8-10(2-5-14(15)19)3-7-16(24)23-11-4-6-13(18)12(9-11)17(20,21)22/h2-9H,1H3,(H,23,24). The second kappa shape index (κ2) is 7.80. The minimum absolute atomic E-state index is 0.0138. The topological polar surface area (TPSA) is 38.3 Å². The molecule has 3 nitrogen and oxygen atoms in total. The first kappa shape index (κ1) is 19.1. The lowest BCUT2D eigenvalue weighted by atomic mass is 10.2. The number of methoxy groups -OCH3 is 1. The van der Waals surface area contributed by atoms with Gasteiger partial charge in [-0.2, -0.15) is 13.2 Å². The van der Waals surface area contributed by atoms with Crippen molar-refractivity contribution in [2.24, 2.45) is 0 Å². The van der Waals surface area contributed by atoms with E-state index in [1.54, 1.807) is 18.2 Å². The van der Waals surface area contributed by atoms with Crippen LogP contribution in [0.25, 0.3) is 6.08 Å². The summed E-state index contributed by atoms with van der Waals surface area (Å²) in [6.07, 6.45) is -1.94. The van der Waals surface area contributed by atoms with E-state index in [1.165, 1.54) is 25.3 Å². The number of ether oxygens (including phenoxy) is 1. The van der Waals surface area contributed by atoms with Crippen molar-refractivity contribution in [2.75, 3.05) is 12.4 Å². The third-order valence-corrected chi connectivity index (χ3v) is 3.78. The number of nitrogens with one attached hydrogen (secondary N) is 1. The fraction of sp³-hybridized carbons (Fsp3) is 0.118. The number of halogens is 5. The van der Waals surface area contributed by atoms with Gasteiger partial charge in [-0.3, -0.25) is 4.79 Å². The summed E-state index contributed by atoms with van der Waals surface area (Å²) in [6, 6.07) is 8.03. The first-order valence-electron chi connectivity index (χ1n) is 6.90. The molecular weight excluding hydrogens is 378 g/mol. The van der Waals surface area contributed by atoms with E-state index < -0.39 is 22.7 Å². The molecule has 0 heterocycles. The van der Waals surface area contributed by atoms with E-state index in [2.05, 4.69) is 5.32 Å². The van der Waals surface area contributed by atoms with Gasteiger partial charge in [0.1, 0.15) is 5.75 Å². The molecule has 0 spiro atoms. The first-order chi connectivity index (χ1) is 11.7. The number of anilines is 1. The summed E-state index contributed by atoms with van der Waals surface area (Å²) in [5.74, 6) is -0.152. The highest BCUT2D eigenvalue weighted by Crippen LogP contribution is 2.36. The average Bonchev–Trinajstić information content (AvgIpc) is 2.55. The number of rotatable bonds is 4. The van der Waals surface area contributed by atoms with Crippen LogP contribution in [0.15, 0.2) is 42.5 Å². The highest BCUT2D eigenvalue weighted by molar-refractivity contribution is 6.32. The maximum atomic E-state index is 12.8. The van der Waals surface area contributed by atoms with Crippen LogP contribution in [0.2, 0.25) is 10.0 Å². The van der Waals surface area contributed by atoms with E-state index in [0.29, 0.717) is 16.3 Å². The Kier molecular flexibility index (Phi) is 5.98. The number of benzene rings is 2. The molecule has 0 saturated heterocycles. The minimum Gasteiger partial charge on any atom is -0.495 e. The van der Waals surface area contributed by atoms with Gasteiger partial charge >= 0.3 is 6.18 Å². The molecule has 0 aromatic heterocycles. The number of carbonyl (C=O) groups excluding carboxylic acids is 1. The second-order valence-corrected chi connectivity index (χ2v) is 5.72. The maximum Gasteiger partial charge on any atom is 0.417 e. The van der Waals surface area contributed by atoms with Crippen LogP contribution in [0.1, 0.15) is 11.1 Å². The Morgan fingerprint density at radius 2 is 1.80 bits per heavy atom. The van der Waals surface area contributed by atoms with Crippen molar-refractivity contribution in [3.63, 3.8) is 0 Å². The molecule has 132 valence electrons. The van der Waals surface area contributed by atoms with Crippen LogP contribution in [0.3, 0.4) is 0 Å². The fourth-order valence-electron chi connectivity index (χ4n) is 1.96. The molecule has 0 aliphatic rings. The number of hydrogen-bond acceptors (Lipinski definition) is 2. The molecular formula is C17H12Cl2F3NO2. The van der Waals surface area contributed by atoms with Crippen molar-refractivity contribution in [3.05, 3.63) is 63.6 Å². The van der Waals surface area contributed by atoms with E-state index in [9.17, 15) is 18.0 Å². The Morgan fingerprint density at radius 3 is 2.44 bits per heavy atom. The molecule has 1 amide bonds. The first-order valence-corrected chi connectivity index (χ1v) is 7.65. The van der Waals surface area contributed by atoms with Gasteiger partial charge < -0.3 is 10.1 Å². The van der Waals surface area contributed by atoms with Crippen LogP contribution in [-0.4, -0.2) is 13.0 Å². The van der Waals surface area contributed by atoms with E-state index in [0.717, 1.165) is 12.1 Å². The summed E-state index contributed by atoms with van der Waals surface area (Å²) >= 11 is 11.4. The maximum absolute atomic E-state index is 12.8. The molecule has 0 saturated carbocycles. The predicted molar refractivity (Wildman–Crippen MR) is 92.1 cm³/mol. The van der Waals surface area contributed by atoms with Crippen LogP contribution < -0.4 is 10.1 Å². The van der Waals surface area contributed by atoms with Gasteiger partial charge in [0, 0.05) is 11.8 Å². The average molecular weight is 390 g/mol. The van der Waals surface area contributed by atoms with E-state index in [-0.39, 0.29) is 5.69 Å². The van der Waals surface area contributed by atoms with Crippen LogP contribution in [0, 0.1) is 0 Å². The van der Waals surface area contributed by atoms with Gasteiger partial charge in [-0.05, 0) is 42.0 Å². The van der Waals surface area contributed by atoms with Crippen molar-refractivity contribution in [3.8, 4) is 5.75 Å². The predicted octanol–water partition coefficient (Wildman–Crippen LogP) is 5.67. The molecule has 0 aliphatic carbocycles. The number of alkyl halides is 3. The van der Waals surface area contributed by atoms with Gasteiger partial charge in [-0.15, -0.1) is 0 Å². The van der Waals surface area contributed by atoms with Crippen molar-refractivity contribution < 1.29 is 22.7 Å². The zero-order chi connectivity index (χ0) is 18.6. The van der Waals surface area contributed by atoms with Crippen molar-refractivity contribution in [1.82, 2.24) is 0 Å². The van der Waals surface area contributed by atoms with Crippen molar-refractivity contribution >= 4 is 40.9 Å². The zero-order valence-corrected chi connectivity index (χ0v) is 14.3. The summed E-state index contributed by atoms with van der Waals surface area (Å²) in [7, 11) is 1.46. The monoisotopic (exact) mass is 389 g/mol. The summed E-state index contributed by atoms with van der Waals surface area (Å²) in [4.78, 5) is 11.9. The molecule has 0 radical (unpaired) electrons. The molecule has 1 N–H and O–H groups in total. The number of hydrogen-bond donors (Lipinski definition) is 1. The summed E-state index contributed by atoms with van der Waals surface area (Å²) in [5, 5.41) is 2.34. The zero-order valence-electron chi connectivity index (χ0n) is 12.8. The molecule has 0 atom stereocenters. The smallest absolute Gasteiger partial charge is 0.417 e. The van der Waals surface area contributed by atoms with Gasteiger partial charge in [-0.25, -0.2) is 0 Å². The highest BCUT2D eigenvalue weighted by Gasteiger charge is 2.33.